The number of hydrogen-bond acceptors (Lipinski definition) is 3. The van der Waals surface area contributed by atoms with Crippen LogP contribution in [0.15, 0.2) is 48.5 Å². The molecule has 0 aliphatic rings. The molecule has 2 aromatic carbocycles. The molecule has 0 aliphatic heterocycles. The van der Waals surface area contributed by atoms with Gasteiger partial charge < -0.3 is 15.4 Å². The number of carbonyl (C=O) groups is 1. The molecule has 0 radical (unpaired) electrons. The molecule has 23 heavy (non-hydrogen) atoms. The van der Waals surface area contributed by atoms with Crippen LogP contribution in [0.1, 0.15) is 5.56 Å². The normalized spacial score (nSPS) is 10.4. The zero-order chi connectivity index (χ0) is 16.7. The Balaban J connectivity index is 1.83. The lowest BCUT2D eigenvalue weighted by atomic mass is 10.2. The molecule has 2 rings (SSSR count). The number of para-hydroxylation sites is 2. The van der Waals surface area contributed by atoms with Gasteiger partial charge in [0.2, 0.25) is 5.91 Å². The first-order chi connectivity index (χ1) is 11.0. The van der Waals surface area contributed by atoms with Gasteiger partial charge in [0.05, 0.1) is 12.2 Å². The summed E-state index contributed by atoms with van der Waals surface area (Å²) in [5.74, 6) is -0.715. The standard InChI is InChI=1S/C16H15F3N2O2/c17-12-7-5-11(6-8-12)9-21-15(22)10-20-13-3-1-2-4-14(13)23-16(18)19/h1-8,16,20H,9-10H2,(H,21,22). The van der Waals surface area contributed by atoms with Crippen molar-refractivity contribution in [3.05, 3.63) is 59.9 Å². The van der Waals surface area contributed by atoms with E-state index in [-0.39, 0.29) is 30.6 Å². The van der Waals surface area contributed by atoms with Gasteiger partial charge in [0, 0.05) is 6.54 Å². The van der Waals surface area contributed by atoms with Crippen LogP contribution in [0.25, 0.3) is 0 Å². The van der Waals surface area contributed by atoms with Crippen molar-refractivity contribution in [1.82, 2.24) is 5.32 Å². The van der Waals surface area contributed by atoms with Gasteiger partial charge in [-0.2, -0.15) is 8.78 Å². The van der Waals surface area contributed by atoms with Crippen LogP contribution in [0, 0.1) is 5.82 Å². The molecule has 122 valence electrons. The van der Waals surface area contributed by atoms with Crippen LogP contribution >= 0.6 is 0 Å². The summed E-state index contributed by atoms with van der Waals surface area (Å²) in [6.07, 6.45) is 0. The number of alkyl halides is 2. The third-order valence-electron chi connectivity index (χ3n) is 2.95. The number of amides is 1. The Morgan fingerprint density at radius 2 is 1.78 bits per heavy atom. The third kappa shape index (κ3) is 5.54. The maximum absolute atomic E-state index is 12.8. The molecule has 1 amide bonds. The van der Waals surface area contributed by atoms with Gasteiger partial charge in [-0.1, -0.05) is 24.3 Å². The van der Waals surface area contributed by atoms with Crippen LogP contribution in [-0.4, -0.2) is 19.1 Å². The van der Waals surface area contributed by atoms with Crippen molar-refractivity contribution in [3.63, 3.8) is 0 Å². The van der Waals surface area contributed by atoms with Crippen molar-refractivity contribution in [1.29, 1.82) is 0 Å². The van der Waals surface area contributed by atoms with Crippen molar-refractivity contribution in [2.75, 3.05) is 11.9 Å². The summed E-state index contributed by atoms with van der Waals surface area (Å²) < 4.78 is 41.7. The van der Waals surface area contributed by atoms with Crippen LogP contribution in [-0.2, 0) is 11.3 Å². The summed E-state index contributed by atoms with van der Waals surface area (Å²) >= 11 is 0. The van der Waals surface area contributed by atoms with E-state index >= 15 is 0 Å². The highest BCUT2D eigenvalue weighted by molar-refractivity contribution is 5.81. The highest BCUT2D eigenvalue weighted by Gasteiger charge is 2.10. The molecular weight excluding hydrogens is 309 g/mol. The lowest BCUT2D eigenvalue weighted by Crippen LogP contribution is -2.29. The minimum atomic E-state index is -2.94. The van der Waals surface area contributed by atoms with E-state index in [4.69, 9.17) is 0 Å². The quantitative estimate of drug-likeness (QED) is 0.822. The summed E-state index contributed by atoms with van der Waals surface area (Å²) in [5, 5.41) is 5.37. The molecule has 0 aliphatic carbocycles. The van der Waals surface area contributed by atoms with Crippen LogP contribution in [0.2, 0.25) is 0 Å². The minimum Gasteiger partial charge on any atom is -0.433 e. The molecule has 0 saturated carbocycles. The smallest absolute Gasteiger partial charge is 0.387 e. The SMILES string of the molecule is O=C(CNc1ccccc1OC(F)F)NCc1ccc(F)cc1. The van der Waals surface area contributed by atoms with Gasteiger partial charge in [0.15, 0.2) is 0 Å². The summed E-state index contributed by atoms with van der Waals surface area (Å²) in [4.78, 5) is 11.8. The van der Waals surface area contributed by atoms with Crippen LogP contribution < -0.4 is 15.4 Å². The second kappa shape index (κ2) is 8.07. The van der Waals surface area contributed by atoms with Crippen LogP contribution in [0.5, 0.6) is 5.75 Å². The number of ether oxygens (including phenoxy) is 1. The number of hydrogen-bond donors (Lipinski definition) is 2. The molecule has 0 saturated heterocycles. The van der Waals surface area contributed by atoms with Gasteiger partial charge in [-0.05, 0) is 29.8 Å². The molecule has 0 unspecified atom stereocenters. The predicted molar refractivity (Wildman–Crippen MR) is 79.8 cm³/mol. The van der Waals surface area contributed by atoms with Gasteiger partial charge in [0.1, 0.15) is 11.6 Å². The van der Waals surface area contributed by atoms with E-state index in [1.54, 1.807) is 24.3 Å². The number of rotatable bonds is 7. The van der Waals surface area contributed by atoms with E-state index in [0.717, 1.165) is 5.56 Å². The first kappa shape index (κ1) is 16.7. The van der Waals surface area contributed by atoms with Gasteiger partial charge in [-0.25, -0.2) is 4.39 Å². The van der Waals surface area contributed by atoms with Crippen LogP contribution in [0.3, 0.4) is 0 Å². The molecule has 0 bridgehead atoms. The zero-order valence-electron chi connectivity index (χ0n) is 12.1. The molecular formula is C16H15F3N2O2. The molecule has 0 atom stereocenters. The third-order valence-corrected chi connectivity index (χ3v) is 2.95. The second-order valence-electron chi connectivity index (χ2n) is 4.63. The highest BCUT2D eigenvalue weighted by atomic mass is 19.3. The second-order valence-corrected chi connectivity index (χ2v) is 4.63. The number of anilines is 1. The van der Waals surface area contributed by atoms with Gasteiger partial charge in [0.25, 0.3) is 0 Å². The van der Waals surface area contributed by atoms with E-state index in [1.807, 2.05) is 0 Å². The lowest BCUT2D eigenvalue weighted by Gasteiger charge is -2.12. The summed E-state index contributed by atoms with van der Waals surface area (Å²) in [6.45, 7) is -2.80. The van der Waals surface area contributed by atoms with E-state index < -0.39 is 6.61 Å². The first-order valence-corrected chi connectivity index (χ1v) is 6.83. The maximum atomic E-state index is 12.8. The number of carbonyl (C=O) groups excluding carboxylic acids is 1. The van der Waals surface area contributed by atoms with Gasteiger partial charge >= 0.3 is 6.61 Å². The fraction of sp³-hybridized carbons (Fsp3) is 0.188. The Kier molecular flexibility index (Phi) is 5.85. The van der Waals surface area contributed by atoms with Gasteiger partial charge in [-0.3, -0.25) is 4.79 Å². The fourth-order valence-corrected chi connectivity index (χ4v) is 1.85. The number of benzene rings is 2. The first-order valence-electron chi connectivity index (χ1n) is 6.83. The Morgan fingerprint density at radius 1 is 1.09 bits per heavy atom. The average Bonchev–Trinajstić information content (AvgIpc) is 2.53. The Labute approximate surface area is 131 Å². The summed E-state index contributed by atoms with van der Waals surface area (Å²) in [7, 11) is 0. The molecule has 7 heteroatoms. The number of halogens is 3. The van der Waals surface area contributed by atoms with Crippen molar-refractivity contribution >= 4 is 11.6 Å². The van der Waals surface area contributed by atoms with Crippen molar-refractivity contribution < 1.29 is 22.7 Å². The van der Waals surface area contributed by atoms with Crippen LogP contribution in [0.4, 0.5) is 18.9 Å². The van der Waals surface area contributed by atoms with Crippen molar-refractivity contribution in [2.24, 2.45) is 0 Å². The largest absolute Gasteiger partial charge is 0.433 e. The molecule has 0 heterocycles. The van der Waals surface area contributed by atoms with E-state index in [1.165, 1.54) is 24.3 Å². The van der Waals surface area contributed by atoms with Crippen molar-refractivity contribution in [2.45, 2.75) is 13.2 Å². The molecule has 4 nitrogen and oxygen atoms in total. The highest BCUT2D eigenvalue weighted by Crippen LogP contribution is 2.25. The summed E-state index contributed by atoms with van der Waals surface area (Å²) in [6, 6.07) is 11.8. The number of nitrogens with one attached hydrogen (secondary N) is 2. The topological polar surface area (TPSA) is 50.4 Å². The maximum Gasteiger partial charge on any atom is 0.387 e. The Bertz CT molecular complexity index is 648. The predicted octanol–water partition coefficient (Wildman–Crippen LogP) is 3.16. The lowest BCUT2D eigenvalue weighted by molar-refractivity contribution is -0.119. The van der Waals surface area contributed by atoms with E-state index in [9.17, 15) is 18.0 Å². The minimum absolute atomic E-state index is 0.0335. The molecule has 0 spiro atoms. The zero-order valence-corrected chi connectivity index (χ0v) is 12.1. The Morgan fingerprint density at radius 3 is 2.48 bits per heavy atom. The van der Waals surface area contributed by atoms with E-state index in [0.29, 0.717) is 5.69 Å². The monoisotopic (exact) mass is 324 g/mol. The molecule has 2 aromatic rings. The fourth-order valence-electron chi connectivity index (χ4n) is 1.85. The molecule has 0 aromatic heterocycles. The van der Waals surface area contributed by atoms with Gasteiger partial charge in [-0.15, -0.1) is 0 Å². The molecule has 2 N–H and O–H groups in total. The Hall–Kier alpha value is -2.70. The summed E-state index contributed by atoms with van der Waals surface area (Å²) in [5.41, 5.74) is 1.05. The van der Waals surface area contributed by atoms with Crippen molar-refractivity contribution in [3.8, 4) is 5.75 Å². The average molecular weight is 324 g/mol. The molecule has 0 fully saturated rings. The van der Waals surface area contributed by atoms with E-state index in [2.05, 4.69) is 15.4 Å².